The lowest BCUT2D eigenvalue weighted by Crippen LogP contribution is -2.16. The predicted octanol–water partition coefficient (Wildman–Crippen LogP) is 4.22. The first-order valence-corrected chi connectivity index (χ1v) is 11.8. The summed E-state index contributed by atoms with van der Waals surface area (Å²) < 4.78 is 10.8. The van der Waals surface area contributed by atoms with Crippen LogP contribution in [0, 0.1) is 0 Å². The van der Waals surface area contributed by atoms with Crippen LogP contribution in [0.1, 0.15) is 36.9 Å². The van der Waals surface area contributed by atoms with Crippen molar-refractivity contribution in [3.63, 3.8) is 0 Å². The Kier molecular flexibility index (Phi) is 9.96. The van der Waals surface area contributed by atoms with Crippen LogP contribution in [0.3, 0.4) is 0 Å². The highest BCUT2D eigenvalue weighted by molar-refractivity contribution is 7.51. The molecule has 6 nitrogen and oxygen atoms in total. The van der Waals surface area contributed by atoms with Gasteiger partial charge in [-0.3, -0.25) is 9.55 Å². The Hall–Kier alpha value is -1.43. The SMILES string of the molecule is O=P(O)(O)CCCNCc1cc(Cl)c(NCCCCCc2ccccc2)cn1. The second-order valence-electron chi connectivity index (χ2n) is 6.80. The van der Waals surface area contributed by atoms with Crippen molar-refractivity contribution in [2.24, 2.45) is 0 Å². The topological polar surface area (TPSA) is 94.5 Å². The monoisotopic (exact) mass is 425 g/mol. The summed E-state index contributed by atoms with van der Waals surface area (Å²) in [5.41, 5.74) is 3.01. The molecule has 1 aromatic heterocycles. The molecule has 0 radical (unpaired) electrons. The molecular weight excluding hydrogens is 397 g/mol. The van der Waals surface area contributed by atoms with E-state index in [0.29, 0.717) is 24.5 Å². The Morgan fingerprint density at radius 1 is 1.04 bits per heavy atom. The van der Waals surface area contributed by atoms with Gasteiger partial charge in [-0.2, -0.15) is 0 Å². The van der Waals surface area contributed by atoms with Gasteiger partial charge in [0.1, 0.15) is 0 Å². The molecule has 0 atom stereocenters. The Balaban J connectivity index is 1.60. The van der Waals surface area contributed by atoms with Gasteiger partial charge in [-0.1, -0.05) is 48.4 Å². The number of halogens is 1. The number of aromatic nitrogens is 1. The van der Waals surface area contributed by atoms with E-state index in [1.54, 1.807) is 6.20 Å². The summed E-state index contributed by atoms with van der Waals surface area (Å²) in [5.74, 6) is 0. The molecule has 0 unspecified atom stereocenters. The standard InChI is InChI=1S/C20H29ClN3O3P/c21-19-14-18(15-22-11-7-13-28(25,26)27)24-16-20(19)23-12-6-2-5-10-17-8-3-1-4-9-17/h1,3-4,8-9,14,16,22-23H,2,5-7,10-13,15H2,(H2,25,26,27). The van der Waals surface area contributed by atoms with Gasteiger partial charge in [0.15, 0.2) is 0 Å². The zero-order valence-electron chi connectivity index (χ0n) is 16.0. The Morgan fingerprint density at radius 2 is 1.82 bits per heavy atom. The lowest BCUT2D eigenvalue weighted by molar-refractivity contribution is 0.371. The highest BCUT2D eigenvalue weighted by atomic mass is 35.5. The van der Waals surface area contributed by atoms with Crippen molar-refractivity contribution in [1.82, 2.24) is 10.3 Å². The average molecular weight is 426 g/mol. The number of aryl methyl sites for hydroxylation is 1. The molecule has 0 aliphatic carbocycles. The van der Waals surface area contributed by atoms with Crippen LogP contribution in [-0.4, -0.2) is 34.0 Å². The van der Waals surface area contributed by atoms with Gasteiger partial charge in [-0.05, 0) is 43.9 Å². The lowest BCUT2D eigenvalue weighted by atomic mass is 10.1. The maximum atomic E-state index is 10.8. The highest BCUT2D eigenvalue weighted by Gasteiger charge is 2.11. The Bertz CT molecular complexity index is 756. The summed E-state index contributed by atoms with van der Waals surface area (Å²) in [5, 5.41) is 7.08. The lowest BCUT2D eigenvalue weighted by Gasteiger charge is -2.10. The van der Waals surface area contributed by atoms with Crippen molar-refractivity contribution in [2.75, 3.05) is 24.6 Å². The van der Waals surface area contributed by atoms with E-state index in [9.17, 15) is 4.57 Å². The van der Waals surface area contributed by atoms with E-state index >= 15 is 0 Å². The van der Waals surface area contributed by atoms with Gasteiger partial charge in [0.05, 0.1) is 28.8 Å². The third kappa shape index (κ3) is 9.67. The minimum Gasteiger partial charge on any atom is -0.383 e. The molecule has 1 heterocycles. The molecule has 154 valence electrons. The van der Waals surface area contributed by atoms with Crippen LogP contribution in [0.2, 0.25) is 5.02 Å². The van der Waals surface area contributed by atoms with Gasteiger partial charge in [0.25, 0.3) is 0 Å². The molecule has 8 heteroatoms. The van der Waals surface area contributed by atoms with Crippen LogP contribution in [0.25, 0.3) is 0 Å². The summed E-state index contributed by atoms with van der Waals surface area (Å²) in [6, 6.07) is 12.3. The van der Waals surface area contributed by atoms with Crippen molar-refractivity contribution in [3.8, 4) is 0 Å². The minimum absolute atomic E-state index is 0.109. The van der Waals surface area contributed by atoms with E-state index in [1.807, 2.05) is 12.1 Å². The second kappa shape index (κ2) is 12.2. The maximum Gasteiger partial charge on any atom is 0.325 e. The number of benzene rings is 1. The predicted molar refractivity (Wildman–Crippen MR) is 115 cm³/mol. The molecule has 28 heavy (non-hydrogen) atoms. The van der Waals surface area contributed by atoms with Gasteiger partial charge in [0, 0.05) is 13.1 Å². The largest absolute Gasteiger partial charge is 0.383 e. The smallest absolute Gasteiger partial charge is 0.325 e. The zero-order valence-corrected chi connectivity index (χ0v) is 17.6. The molecule has 1 aromatic carbocycles. The van der Waals surface area contributed by atoms with Crippen LogP contribution in [0.5, 0.6) is 0 Å². The van der Waals surface area contributed by atoms with Crippen LogP contribution in [0.4, 0.5) is 5.69 Å². The Morgan fingerprint density at radius 3 is 2.54 bits per heavy atom. The number of unbranched alkanes of at least 4 members (excludes halogenated alkanes) is 2. The number of pyridine rings is 1. The number of rotatable bonds is 13. The molecule has 0 aliphatic heterocycles. The molecule has 0 aliphatic rings. The molecule has 0 spiro atoms. The summed E-state index contributed by atoms with van der Waals surface area (Å²) >= 11 is 6.32. The number of hydrogen-bond donors (Lipinski definition) is 4. The fourth-order valence-electron chi connectivity index (χ4n) is 2.82. The van der Waals surface area contributed by atoms with Crippen LogP contribution in [0.15, 0.2) is 42.6 Å². The van der Waals surface area contributed by atoms with E-state index in [4.69, 9.17) is 21.4 Å². The summed E-state index contributed by atoms with van der Waals surface area (Å²) in [6.07, 6.45) is 6.56. The van der Waals surface area contributed by atoms with Crippen molar-refractivity contribution >= 4 is 24.9 Å². The Labute approximate surface area is 171 Å². The number of nitrogens with one attached hydrogen (secondary N) is 2. The molecule has 0 saturated carbocycles. The van der Waals surface area contributed by atoms with Gasteiger partial charge in [-0.25, -0.2) is 0 Å². The quantitative estimate of drug-likeness (QED) is 0.283. The third-order valence-electron chi connectivity index (χ3n) is 4.32. The van der Waals surface area contributed by atoms with Crippen LogP contribution >= 0.6 is 19.2 Å². The van der Waals surface area contributed by atoms with Crippen molar-refractivity contribution in [3.05, 3.63) is 58.9 Å². The molecule has 0 amide bonds. The van der Waals surface area contributed by atoms with Crippen molar-refractivity contribution < 1.29 is 14.4 Å². The van der Waals surface area contributed by atoms with E-state index < -0.39 is 7.60 Å². The maximum absolute atomic E-state index is 10.8. The molecule has 0 bridgehead atoms. The first-order chi connectivity index (χ1) is 13.4. The normalized spacial score (nSPS) is 11.5. The molecular formula is C20H29ClN3O3P. The van der Waals surface area contributed by atoms with Gasteiger partial charge >= 0.3 is 7.60 Å². The minimum atomic E-state index is -3.91. The van der Waals surface area contributed by atoms with Crippen molar-refractivity contribution in [2.45, 2.75) is 38.6 Å². The van der Waals surface area contributed by atoms with Gasteiger partial charge < -0.3 is 20.4 Å². The molecule has 2 rings (SSSR count). The van der Waals surface area contributed by atoms with Crippen LogP contribution < -0.4 is 10.6 Å². The number of anilines is 1. The van der Waals surface area contributed by atoms with Crippen LogP contribution in [-0.2, 0) is 17.5 Å². The summed E-state index contributed by atoms with van der Waals surface area (Å²) in [6.45, 7) is 1.89. The second-order valence-corrected chi connectivity index (χ2v) is 8.98. The molecule has 4 N–H and O–H groups in total. The molecule has 2 aromatic rings. The summed E-state index contributed by atoms with van der Waals surface area (Å²) in [7, 11) is -3.91. The number of nitrogens with zero attached hydrogens (tertiary/aromatic N) is 1. The van der Waals surface area contributed by atoms with Gasteiger partial charge in [-0.15, -0.1) is 0 Å². The zero-order chi connectivity index (χ0) is 20.2. The average Bonchev–Trinajstić information content (AvgIpc) is 2.65. The third-order valence-corrected chi connectivity index (χ3v) is 5.53. The molecule has 0 fully saturated rings. The van der Waals surface area contributed by atoms with E-state index in [-0.39, 0.29) is 6.16 Å². The summed E-state index contributed by atoms with van der Waals surface area (Å²) in [4.78, 5) is 22.0. The fourth-order valence-corrected chi connectivity index (χ4v) is 3.63. The fraction of sp³-hybridized carbons (Fsp3) is 0.450. The first-order valence-electron chi connectivity index (χ1n) is 9.61. The van der Waals surface area contributed by atoms with Gasteiger partial charge in [0.2, 0.25) is 0 Å². The van der Waals surface area contributed by atoms with E-state index in [0.717, 1.165) is 37.2 Å². The van der Waals surface area contributed by atoms with Crippen molar-refractivity contribution in [1.29, 1.82) is 0 Å². The van der Waals surface area contributed by atoms with E-state index in [2.05, 4.69) is 39.9 Å². The highest BCUT2D eigenvalue weighted by Crippen LogP contribution is 2.34. The van der Waals surface area contributed by atoms with E-state index in [1.165, 1.54) is 12.0 Å². The first kappa shape index (κ1) is 22.9. The number of hydrogen-bond acceptors (Lipinski definition) is 4. The molecule has 0 saturated heterocycles.